The van der Waals surface area contributed by atoms with Crippen molar-refractivity contribution in [3.8, 4) is 5.75 Å². The summed E-state index contributed by atoms with van der Waals surface area (Å²) < 4.78 is 0. The molecule has 6 nitrogen and oxygen atoms in total. The molecule has 6 heteroatoms. The summed E-state index contributed by atoms with van der Waals surface area (Å²) in [7, 11) is 0. The van der Waals surface area contributed by atoms with Crippen LogP contribution in [0.5, 0.6) is 5.75 Å². The molecule has 0 aliphatic carbocycles. The molecule has 3 aromatic rings. The molecule has 1 heterocycles. The van der Waals surface area contributed by atoms with Crippen LogP contribution in [0.1, 0.15) is 15.9 Å². The number of nitrogens with zero attached hydrogens (tertiary/aromatic N) is 2. The minimum absolute atomic E-state index is 0.0879. The van der Waals surface area contributed by atoms with Gasteiger partial charge in [-0.2, -0.15) is 0 Å². The molecule has 1 saturated heterocycles. The van der Waals surface area contributed by atoms with Crippen LogP contribution in [-0.4, -0.2) is 54.0 Å². The van der Waals surface area contributed by atoms with E-state index in [9.17, 15) is 14.7 Å². The monoisotopic (exact) mass is 429 g/mol. The van der Waals surface area contributed by atoms with Gasteiger partial charge in [0, 0.05) is 38.2 Å². The third kappa shape index (κ3) is 5.09. The quantitative estimate of drug-likeness (QED) is 0.632. The van der Waals surface area contributed by atoms with Gasteiger partial charge in [-0.1, -0.05) is 60.7 Å². The van der Waals surface area contributed by atoms with Crippen molar-refractivity contribution in [1.82, 2.24) is 10.2 Å². The number of benzene rings is 3. The Labute approximate surface area is 188 Å². The fourth-order valence-corrected chi connectivity index (χ4v) is 4.00. The van der Waals surface area contributed by atoms with Crippen LogP contribution in [0.15, 0.2) is 84.9 Å². The molecule has 1 fully saturated rings. The maximum atomic E-state index is 13.4. The van der Waals surface area contributed by atoms with Crippen molar-refractivity contribution in [3.63, 3.8) is 0 Å². The average molecular weight is 430 g/mol. The smallest absolute Gasteiger partial charge is 0.251 e. The summed E-state index contributed by atoms with van der Waals surface area (Å²) in [6.45, 7) is 2.29. The van der Waals surface area contributed by atoms with E-state index >= 15 is 0 Å². The number of carbonyl (C=O) groups is 2. The highest BCUT2D eigenvalue weighted by atomic mass is 16.3. The maximum Gasteiger partial charge on any atom is 0.251 e. The Morgan fingerprint density at radius 1 is 0.812 bits per heavy atom. The largest absolute Gasteiger partial charge is 0.506 e. The Kier molecular flexibility index (Phi) is 6.70. The maximum absolute atomic E-state index is 13.4. The number of para-hydroxylation sites is 2. The second-order valence-corrected chi connectivity index (χ2v) is 7.88. The average Bonchev–Trinajstić information content (AvgIpc) is 2.85. The van der Waals surface area contributed by atoms with Crippen LogP contribution in [-0.2, 0) is 11.2 Å². The Bertz CT molecular complexity index is 1050. The second kappa shape index (κ2) is 10.0. The first-order valence-corrected chi connectivity index (χ1v) is 10.8. The van der Waals surface area contributed by atoms with Gasteiger partial charge in [0.05, 0.1) is 5.69 Å². The third-order valence-electron chi connectivity index (χ3n) is 5.74. The van der Waals surface area contributed by atoms with Crippen LogP contribution in [0.3, 0.4) is 0 Å². The van der Waals surface area contributed by atoms with Crippen LogP contribution in [0, 0.1) is 0 Å². The Hall–Kier alpha value is -3.80. The van der Waals surface area contributed by atoms with Crippen molar-refractivity contribution >= 4 is 17.5 Å². The van der Waals surface area contributed by atoms with Crippen LogP contribution in [0.4, 0.5) is 5.69 Å². The predicted octanol–water partition coefficient (Wildman–Crippen LogP) is 3.08. The summed E-state index contributed by atoms with van der Waals surface area (Å²) in [6, 6.07) is 25.3. The molecule has 1 atom stereocenters. The van der Waals surface area contributed by atoms with E-state index in [1.165, 1.54) is 0 Å². The highest BCUT2D eigenvalue weighted by Gasteiger charge is 2.29. The van der Waals surface area contributed by atoms with Crippen molar-refractivity contribution in [2.45, 2.75) is 12.5 Å². The molecule has 2 N–H and O–H groups in total. The van der Waals surface area contributed by atoms with Crippen molar-refractivity contribution in [2.24, 2.45) is 0 Å². The normalized spacial score (nSPS) is 14.6. The number of aromatic hydroxyl groups is 1. The zero-order valence-electron chi connectivity index (χ0n) is 17.9. The number of amides is 2. The topological polar surface area (TPSA) is 72.9 Å². The highest BCUT2D eigenvalue weighted by molar-refractivity contribution is 5.97. The van der Waals surface area contributed by atoms with Gasteiger partial charge in [0.2, 0.25) is 5.91 Å². The van der Waals surface area contributed by atoms with Gasteiger partial charge in [0.15, 0.2) is 0 Å². The number of hydrogen-bond donors (Lipinski definition) is 2. The number of piperazine rings is 1. The second-order valence-electron chi connectivity index (χ2n) is 7.88. The predicted molar refractivity (Wildman–Crippen MR) is 125 cm³/mol. The molecule has 0 unspecified atom stereocenters. The first-order chi connectivity index (χ1) is 15.6. The van der Waals surface area contributed by atoms with Gasteiger partial charge in [0.1, 0.15) is 11.8 Å². The van der Waals surface area contributed by atoms with Crippen molar-refractivity contribution in [2.75, 3.05) is 31.1 Å². The Morgan fingerprint density at radius 2 is 1.41 bits per heavy atom. The highest BCUT2D eigenvalue weighted by Crippen LogP contribution is 2.27. The summed E-state index contributed by atoms with van der Waals surface area (Å²) in [5, 5.41) is 13.1. The molecule has 1 aliphatic rings. The van der Waals surface area contributed by atoms with Crippen molar-refractivity contribution in [3.05, 3.63) is 96.1 Å². The SMILES string of the molecule is O=C(N[C@H](Cc1ccccc1)C(=O)N1CCN(c2ccccc2O)CC1)c1ccccc1. The number of nitrogens with one attached hydrogen (secondary N) is 1. The lowest BCUT2D eigenvalue weighted by molar-refractivity contribution is -0.133. The van der Waals surface area contributed by atoms with Crippen molar-refractivity contribution < 1.29 is 14.7 Å². The summed E-state index contributed by atoms with van der Waals surface area (Å²) >= 11 is 0. The molecule has 0 radical (unpaired) electrons. The summed E-state index contributed by atoms with van der Waals surface area (Å²) in [6.07, 6.45) is 0.429. The van der Waals surface area contributed by atoms with E-state index in [1.54, 1.807) is 41.3 Å². The van der Waals surface area contributed by atoms with Gasteiger partial charge in [-0.3, -0.25) is 9.59 Å². The van der Waals surface area contributed by atoms with Crippen molar-refractivity contribution in [1.29, 1.82) is 0 Å². The van der Waals surface area contributed by atoms with Gasteiger partial charge in [0.25, 0.3) is 5.91 Å². The van der Waals surface area contributed by atoms with E-state index in [0.717, 1.165) is 11.3 Å². The van der Waals surface area contributed by atoms with Crippen LogP contribution in [0.2, 0.25) is 0 Å². The number of phenolic OH excluding ortho intramolecular Hbond substituents is 1. The summed E-state index contributed by atoms with van der Waals surface area (Å²) in [5.41, 5.74) is 2.30. The molecule has 164 valence electrons. The summed E-state index contributed by atoms with van der Waals surface area (Å²) in [5.74, 6) is -0.104. The number of hydrogen-bond acceptors (Lipinski definition) is 4. The molecule has 0 aromatic heterocycles. The summed E-state index contributed by atoms with van der Waals surface area (Å²) in [4.78, 5) is 30.1. The lowest BCUT2D eigenvalue weighted by atomic mass is 10.0. The molecule has 32 heavy (non-hydrogen) atoms. The van der Waals surface area contributed by atoms with E-state index in [0.29, 0.717) is 38.2 Å². The Balaban J connectivity index is 1.46. The fraction of sp³-hybridized carbons (Fsp3) is 0.231. The van der Waals surface area contributed by atoms with Crippen LogP contribution in [0.25, 0.3) is 0 Å². The zero-order chi connectivity index (χ0) is 22.3. The van der Waals surface area contributed by atoms with Gasteiger partial charge in [-0.25, -0.2) is 0 Å². The number of rotatable bonds is 6. The lowest BCUT2D eigenvalue weighted by Crippen LogP contribution is -2.55. The molecule has 3 aromatic carbocycles. The number of carbonyl (C=O) groups excluding carboxylic acids is 2. The van der Waals surface area contributed by atoms with E-state index in [4.69, 9.17) is 0 Å². The molecule has 0 bridgehead atoms. The molecule has 0 saturated carbocycles. The third-order valence-corrected chi connectivity index (χ3v) is 5.74. The Morgan fingerprint density at radius 3 is 2.06 bits per heavy atom. The molecule has 1 aliphatic heterocycles. The first kappa shape index (κ1) is 21.4. The lowest BCUT2D eigenvalue weighted by Gasteiger charge is -2.37. The van der Waals surface area contributed by atoms with Crippen LogP contribution >= 0.6 is 0 Å². The zero-order valence-corrected chi connectivity index (χ0v) is 17.9. The van der Waals surface area contributed by atoms with Crippen LogP contribution < -0.4 is 10.2 Å². The van der Waals surface area contributed by atoms with Gasteiger partial charge in [-0.05, 0) is 29.8 Å². The first-order valence-electron chi connectivity index (χ1n) is 10.8. The minimum Gasteiger partial charge on any atom is -0.506 e. The number of phenols is 1. The van der Waals surface area contributed by atoms with E-state index in [-0.39, 0.29) is 17.6 Å². The van der Waals surface area contributed by atoms with Gasteiger partial charge < -0.3 is 20.2 Å². The molecule has 2 amide bonds. The van der Waals surface area contributed by atoms with Gasteiger partial charge in [-0.15, -0.1) is 0 Å². The van der Waals surface area contributed by atoms with E-state index in [2.05, 4.69) is 10.2 Å². The number of anilines is 1. The standard InChI is InChI=1S/C26H27N3O3/c30-24-14-8-7-13-23(24)28-15-17-29(18-16-28)26(32)22(19-20-9-3-1-4-10-20)27-25(31)21-11-5-2-6-12-21/h1-14,22,30H,15-19H2,(H,27,31)/t22-/m1/s1. The fourth-order valence-electron chi connectivity index (χ4n) is 4.00. The molecule has 0 spiro atoms. The minimum atomic E-state index is -0.651. The van der Waals surface area contributed by atoms with E-state index < -0.39 is 6.04 Å². The van der Waals surface area contributed by atoms with Gasteiger partial charge >= 0.3 is 0 Å². The molecular weight excluding hydrogens is 402 g/mol. The van der Waals surface area contributed by atoms with E-state index in [1.807, 2.05) is 48.5 Å². The molecule has 4 rings (SSSR count). The molecular formula is C26H27N3O3.